The van der Waals surface area contributed by atoms with Gasteiger partial charge in [-0.25, -0.2) is 0 Å². The van der Waals surface area contributed by atoms with Crippen molar-refractivity contribution in [3.8, 4) is 0 Å². The molecule has 0 bridgehead atoms. The number of hydrogen-bond acceptors (Lipinski definition) is 4. The molecule has 0 aliphatic carbocycles. The van der Waals surface area contributed by atoms with E-state index in [1.807, 2.05) is 19.9 Å². The number of anilines is 1. The summed E-state index contributed by atoms with van der Waals surface area (Å²) in [5.41, 5.74) is 1.45. The van der Waals surface area contributed by atoms with Crippen LogP contribution in [0.1, 0.15) is 40.4 Å². The topological polar surface area (TPSA) is 73.8 Å². The fraction of sp³-hybridized carbons (Fsp3) is 0.346. The number of likely N-dealkylation sites (N-methyl/N-ethyl adjacent to an activating group) is 1. The lowest BCUT2D eigenvalue weighted by Gasteiger charge is -2.40. The highest BCUT2D eigenvalue weighted by Gasteiger charge is 2.37. The third-order valence-electron chi connectivity index (χ3n) is 6.44. The average molecular weight is 485 g/mol. The molecule has 2 aliphatic heterocycles. The van der Waals surface area contributed by atoms with Crippen molar-refractivity contribution in [2.24, 2.45) is 10.9 Å². The zero-order chi connectivity index (χ0) is 25.3. The van der Waals surface area contributed by atoms with Crippen LogP contribution in [0.4, 0.5) is 18.9 Å². The van der Waals surface area contributed by atoms with E-state index in [2.05, 4.69) is 15.6 Å². The number of carbonyl (C=O) groups is 2. The van der Waals surface area contributed by atoms with Gasteiger partial charge in [-0.05, 0) is 55.3 Å². The number of aliphatic imine (C=N–C) groups is 1. The molecule has 2 amide bonds. The maximum atomic E-state index is 13.3. The number of nitrogens with one attached hydrogen (secondary N) is 2. The van der Waals surface area contributed by atoms with Crippen molar-refractivity contribution in [2.75, 3.05) is 25.5 Å². The summed E-state index contributed by atoms with van der Waals surface area (Å²) in [4.78, 5) is 32.3. The van der Waals surface area contributed by atoms with E-state index in [9.17, 15) is 22.8 Å². The number of halogens is 3. The van der Waals surface area contributed by atoms with Crippen molar-refractivity contribution in [1.82, 2.24) is 10.2 Å². The second-order valence-electron chi connectivity index (χ2n) is 8.81. The van der Waals surface area contributed by atoms with Crippen LogP contribution >= 0.6 is 0 Å². The van der Waals surface area contributed by atoms with Gasteiger partial charge in [0.1, 0.15) is 0 Å². The number of fused-ring (bicyclic) bond motifs is 1. The molecule has 0 spiro atoms. The van der Waals surface area contributed by atoms with Crippen LogP contribution in [0.5, 0.6) is 0 Å². The molecular formula is C26H27F3N4O2. The first-order valence-corrected chi connectivity index (χ1v) is 11.4. The van der Waals surface area contributed by atoms with Crippen molar-refractivity contribution in [1.29, 1.82) is 0 Å². The normalized spacial score (nSPS) is 20.1. The summed E-state index contributed by atoms with van der Waals surface area (Å²) in [5.74, 6) is 0.191. The molecule has 9 heteroatoms. The Morgan fingerprint density at radius 2 is 1.97 bits per heavy atom. The summed E-state index contributed by atoms with van der Waals surface area (Å²) in [6.07, 6.45) is -1.92. The van der Waals surface area contributed by atoms with Gasteiger partial charge in [-0.1, -0.05) is 18.2 Å². The highest BCUT2D eigenvalue weighted by Crippen LogP contribution is 2.34. The maximum Gasteiger partial charge on any atom is 0.416 e. The summed E-state index contributed by atoms with van der Waals surface area (Å²) in [5, 5.41) is 5.90. The fourth-order valence-electron chi connectivity index (χ4n) is 4.53. The molecule has 2 N–H and O–H groups in total. The molecule has 35 heavy (non-hydrogen) atoms. The van der Waals surface area contributed by atoms with Crippen LogP contribution in [0.25, 0.3) is 5.57 Å². The van der Waals surface area contributed by atoms with Crippen molar-refractivity contribution in [3.05, 3.63) is 70.8 Å². The summed E-state index contributed by atoms with van der Waals surface area (Å²) >= 11 is 0. The van der Waals surface area contributed by atoms with E-state index in [4.69, 9.17) is 0 Å². The number of amides is 2. The van der Waals surface area contributed by atoms with Crippen molar-refractivity contribution in [2.45, 2.75) is 32.5 Å². The molecule has 6 nitrogen and oxygen atoms in total. The van der Waals surface area contributed by atoms with Crippen LogP contribution < -0.4 is 10.6 Å². The molecule has 2 atom stereocenters. The Labute approximate surface area is 201 Å². The van der Waals surface area contributed by atoms with Gasteiger partial charge in [-0.15, -0.1) is 0 Å². The van der Waals surface area contributed by atoms with Crippen molar-refractivity contribution in [3.63, 3.8) is 0 Å². The van der Waals surface area contributed by atoms with E-state index in [-0.39, 0.29) is 23.4 Å². The smallest absolute Gasteiger partial charge is 0.374 e. The standard InChI is InChI=1S/C26H27F3N4O2/c1-4-30-23-13-22-17(14-31-23)11-21(25(35)33(22)3)20-12-19(9-8-15(20)2)32-24(34)16-6-5-7-18(10-16)26(27,28)29/h5-12,17,22H,4,13-14H2,1-3H3,(H,30,31)(H,32,34). The lowest BCUT2D eigenvalue weighted by molar-refractivity contribution is -0.137. The Hall–Kier alpha value is -3.62. The molecule has 0 fully saturated rings. The number of benzene rings is 2. The van der Waals surface area contributed by atoms with Crippen LogP contribution in [0.15, 0.2) is 53.5 Å². The van der Waals surface area contributed by atoms with E-state index in [0.29, 0.717) is 29.8 Å². The van der Waals surface area contributed by atoms with Gasteiger partial charge in [0, 0.05) is 55.3 Å². The number of rotatable bonds is 4. The molecule has 2 aromatic rings. The minimum atomic E-state index is -4.54. The van der Waals surface area contributed by atoms with Gasteiger partial charge in [0.25, 0.3) is 11.8 Å². The van der Waals surface area contributed by atoms with Crippen LogP contribution in [0, 0.1) is 12.8 Å². The minimum absolute atomic E-state index is 0.0156. The van der Waals surface area contributed by atoms with Gasteiger partial charge >= 0.3 is 6.18 Å². The van der Waals surface area contributed by atoms with Crippen molar-refractivity contribution < 1.29 is 22.8 Å². The molecule has 2 aliphatic rings. The first-order valence-electron chi connectivity index (χ1n) is 11.4. The SMILES string of the molecule is CCNC1=NCC2C=C(c3cc(NC(=O)c4cccc(C(F)(F)F)c4)ccc3C)C(=O)N(C)C2C1. The number of nitrogens with zero attached hydrogens (tertiary/aromatic N) is 2. The van der Waals surface area contributed by atoms with E-state index in [1.54, 1.807) is 30.1 Å². The molecule has 0 radical (unpaired) electrons. The number of aryl methyl sites for hydroxylation is 1. The third kappa shape index (κ3) is 5.08. The predicted octanol–water partition coefficient (Wildman–Crippen LogP) is 4.52. The Morgan fingerprint density at radius 3 is 2.69 bits per heavy atom. The van der Waals surface area contributed by atoms with Gasteiger partial charge < -0.3 is 15.5 Å². The molecule has 184 valence electrons. The maximum absolute atomic E-state index is 13.3. The zero-order valence-electron chi connectivity index (χ0n) is 19.7. The summed E-state index contributed by atoms with van der Waals surface area (Å²) in [7, 11) is 1.79. The number of carbonyl (C=O) groups excluding carboxylic acids is 2. The number of alkyl halides is 3. The highest BCUT2D eigenvalue weighted by molar-refractivity contribution is 6.21. The number of hydrogen-bond donors (Lipinski definition) is 2. The highest BCUT2D eigenvalue weighted by atomic mass is 19.4. The Kier molecular flexibility index (Phi) is 6.69. The first-order chi connectivity index (χ1) is 16.6. The van der Waals surface area contributed by atoms with Gasteiger partial charge in [-0.3, -0.25) is 14.6 Å². The molecule has 2 aromatic carbocycles. The van der Waals surface area contributed by atoms with Gasteiger partial charge in [0.05, 0.1) is 11.4 Å². The quantitative estimate of drug-likeness (QED) is 0.670. The Morgan fingerprint density at radius 1 is 1.20 bits per heavy atom. The lowest BCUT2D eigenvalue weighted by Crippen LogP contribution is -2.50. The van der Waals surface area contributed by atoms with Gasteiger partial charge in [0.15, 0.2) is 0 Å². The second kappa shape index (κ2) is 9.56. The van der Waals surface area contributed by atoms with Crippen LogP contribution in [0.3, 0.4) is 0 Å². The molecule has 0 saturated heterocycles. The van der Waals surface area contributed by atoms with Crippen LogP contribution in [0.2, 0.25) is 0 Å². The molecule has 0 aromatic heterocycles. The van der Waals surface area contributed by atoms with Crippen LogP contribution in [-0.2, 0) is 11.0 Å². The summed E-state index contributed by atoms with van der Waals surface area (Å²) in [6, 6.07) is 9.41. The molecule has 4 rings (SSSR count). The van der Waals surface area contributed by atoms with E-state index < -0.39 is 17.6 Å². The van der Waals surface area contributed by atoms with Crippen molar-refractivity contribution >= 4 is 28.9 Å². The van der Waals surface area contributed by atoms with Gasteiger partial charge in [-0.2, -0.15) is 13.2 Å². The Balaban J connectivity index is 1.60. The monoisotopic (exact) mass is 484 g/mol. The van der Waals surface area contributed by atoms with E-state index in [0.717, 1.165) is 30.1 Å². The largest absolute Gasteiger partial charge is 0.416 e. The molecule has 0 saturated carbocycles. The summed E-state index contributed by atoms with van der Waals surface area (Å²) in [6.45, 7) is 5.21. The fourth-order valence-corrected chi connectivity index (χ4v) is 4.53. The van der Waals surface area contributed by atoms with Gasteiger partial charge in [0.2, 0.25) is 0 Å². The van der Waals surface area contributed by atoms with E-state index >= 15 is 0 Å². The molecular weight excluding hydrogens is 457 g/mol. The molecule has 2 heterocycles. The average Bonchev–Trinajstić information content (AvgIpc) is 2.83. The lowest BCUT2D eigenvalue weighted by atomic mass is 9.84. The third-order valence-corrected chi connectivity index (χ3v) is 6.44. The molecule has 2 unspecified atom stereocenters. The minimum Gasteiger partial charge on any atom is -0.374 e. The van der Waals surface area contributed by atoms with Crippen LogP contribution in [-0.4, -0.2) is 48.7 Å². The predicted molar refractivity (Wildman–Crippen MR) is 129 cm³/mol. The summed E-state index contributed by atoms with van der Waals surface area (Å²) < 4.78 is 39.1. The van der Waals surface area contributed by atoms with E-state index in [1.165, 1.54) is 12.1 Å². The Bertz CT molecular complexity index is 1220. The second-order valence-corrected chi connectivity index (χ2v) is 8.81. The zero-order valence-corrected chi connectivity index (χ0v) is 19.7. The number of amidine groups is 1. The first kappa shape index (κ1) is 24.5.